The summed E-state index contributed by atoms with van der Waals surface area (Å²) in [7, 11) is 0. The van der Waals surface area contributed by atoms with Gasteiger partial charge in [-0.1, -0.05) is 20.8 Å². The molecule has 0 aromatic carbocycles. The van der Waals surface area contributed by atoms with Crippen molar-refractivity contribution >= 4 is 31.9 Å². The lowest BCUT2D eigenvalue weighted by molar-refractivity contribution is 0.0613. The molecule has 0 aliphatic carbocycles. The van der Waals surface area contributed by atoms with Crippen molar-refractivity contribution in [1.82, 2.24) is 4.98 Å². The van der Waals surface area contributed by atoms with Gasteiger partial charge in [0.15, 0.2) is 0 Å². The average Bonchev–Trinajstić information content (AvgIpc) is 2.01. The Morgan fingerprint density at radius 1 is 1.21 bits per heavy atom. The highest BCUT2D eigenvalue weighted by Crippen LogP contribution is 2.39. The molecule has 14 heavy (non-hydrogen) atoms. The molecule has 0 radical (unpaired) electrons. The summed E-state index contributed by atoms with van der Waals surface area (Å²) in [6.07, 6.45) is 2.86. The molecule has 0 saturated heterocycles. The van der Waals surface area contributed by atoms with Gasteiger partial charge in [-0.2, -0.15) is 0 Å². The monoisotopic (exact) mass is 321 g/mol. The Labute approximate surface area is 101 Å². The highest BCUT2D eigenvalue weighted by Gasteiger charge is 2.27. The topological polar surface area (TPSA) is 33.1 Å². The van der Waals surface area contributed by atoms with Gasteiger partial charge in [0.2, 0.25) is 0 Å². The number of rotatable bonds is 1. The van der Waals surface area contributed by atoms with E-state index in [0.717, 1.165) is 14.5 Å². The zero-order chi connectivity index (χ0) is 10.9. The van der Waals surface area contributed by atoms with Gasteiger partial charge in [-0.05, 0) is 37.3 Å². The second kappa shape index (κ2) is 4.29. The van der Waals surface area contributed by atoms with Crippen molar-refractivity contribution in [2.75, 3.05) is 0 Å². The number of aromatic nitrogens is 1. The molecule has 0 fully saturated rings. The summed E-state index contributed by atoms with van der Waals surface area (Å²) in [4.78, 5) is 4.00. The van der Waals surface area contributed by atoms with E-state index in [1.165, 1.54) is 0 Å². The molecule has 1 rings (SSSR count). The maximum Gasteiger partial charge on any atom is 0.0861 e. The highest BCUT2D eigenvalue weighted by atomic mass is 79.9. The van der Waals surface area contributed by atoms with Gasteiger partial charge < -0.3 is 5.11 Å². The average molecular weight is 323 g/mol. The van der Waals surface area contributed by atoms with E-state index in [0.29, 0.717) is 0 Å². The van der Waals surface area contributed by atoms with E-state index in [9.17, 15) is 5.11 Å². The summed E-state index contributed by atoms with van der Waals surface area (Å²) in [5, 5.41) is 10.1. The largest absolute Gasteiger partial charge is 0.388 e. The molecule has 1 heterocycles. The van der Waals surface area contributed by atoms with Crippen LogP contribution >= 0.6 is 31.9 Å². The van der Waals surface area contributed by atoms with E-state index >= 15 is 0 Å². The zero-order valence-electron chi connectivity index (χ0n) is 8.38. The van der Waals surface area contributed by atoms with E-state index in [1.54, 1.807) is 12.4 Å². The summed E-state index contributed by atoms with van der Waals surface area (Å²) in [6, 6.07) is 0. The van der Waals surface area contributed by atoms with Gasteiger partial charge in [0.1, 0.15) is 0 Å². The Morgan fingerprint density at radius 2 is 1.64 bits per heavy atom. The Morgan fingerprint density at radius 3 is 2.00 bits per heavy atom. The second-order valence-corrected chi connectivity index (χ2v) is 5.99. The number of nitrogens with zero attached hydrogens (tertiary/aromatic N) is 1. The predicted octanol–water partition coefficient (Wildman–Crippen LogP) is 3.69. The van der Waals surface area contributed by atoms with Crippen molar-refractivity contribution in [2.24, 2.45) is 5.41 Å². The minimum atomic E-state index is -0.519. The predicted molar refractivity (Wildman–Crippen MR) is 64.1 cm³/mol. The molecule has 2 nitrogen and oxygen atoms in total. The van der Waals surface area contributed by atoms with Crippen LogP contribution in [0, 0.1) is 5.41 Å². The smallest absolute Gasteiger partial charge is 0.0861 e. The summed E-state index contributed by atoms with van der Waals surface area (Å²) in [5.41, 5.74) is 0.666. The molecule has 1 unspecified atom stereocenters. The highest BCUT2D eigenvalue weighted by molar-refractivity contribution is 9.11. The summed E-state index contributed by atoms with van der Waals surface area (Å²) < 4.78 is 1.66. The van der Waals surface area contributed by atoms with Crippen molar-refractivity contribution in [1.29, 1.82) is 0 Å². The zero-order valence-corrected chi connectivity index (χ0v) is 11.6. The molecule has 0 bridgehead atoms. The number of aliphatic hydroxyl groups is 1. The molecule has 0 aliphatic heterocycles. The minimum absolute atomic E-state index is 0.188. The molecule has 78 valence electrons. The van der Waals surface area contributed by atoms with Crippen LogP contribution in [0.25, 0.3) is 0 Å². The van der Waals surface area contributed by atoms with Crippen LogP contribution in [-0.4, -0.2) is 10.1 Å². The molecule has 0 aliphatic rings. The van der Waals surface area contributed by atoms with Crippen LogP contribution in [0.2, 0.25) is 0 Å². The third-order valence-electron chi connectivity index (χ3n) is 1.98. The molecule has 1 atom stereocenters. The Balaban J connectivity index is 3.19. The first kappa shape index (κ1) is 12.1. The number of halogens is 2. The maximum absolute atomic E-state index is 10.1. The third-order valence-corrected chi connectivity index (χ3v) is 3.25. The fourth-order valence-corrected chi connectivity index (χ4v) is 2.48. The Hall–Kier alpha value is 0.0700. The van der Waals surface area contributed by atoms with Gasteiger partial charge >= 0.3 is 0 Å². The summed E-state index contributed by atoms with van der Waals surface area (Å²) in [5.74, 6) is 0. The van der Waals surface area contributed by atoms with Gasteiger partial charge in [0, 0.05) is 26.9 Å². The third kappa shape index (κ3) is 2.55. The molecule has 1 aromatic heterocycles. The molecule has 0 spiro atoms. The van der Waals surface area contributed by atoms with Gasteiger partial charge in [-0.15, -0.1) is 0 Å². The summed E-state index contributed by atoms with van der Waals surface area (Å²) in [6.45, 7) is 5.99. The van der Waals surface area contributed by atoms with Crippen LogP contribution in [0.15, 0.2) is 21.3 Å². The van der Waals surface area contributed by atoms with Gasteiger partial charge in [-0.25, -0.2) is 0 Å². The van der Waals surface area contributed by atoms with Crippen LogP contribution in [0.4, 0.5) is 0 Å². The van der Waals surface area contributed by atoms with Gasteiger partial charge in [0.25, 0.3) is 0 Å². The first-order valence-corrected chi connectivity index (χ1v) is 5.89. The normalized spacial score (nSPS) is 14.1. The SMILES string of the molecule is CC(C)(C)C(O)c1c(Br)cncc1Br. The van der Waals surface area contributed by atoms with E-state index in [-0.39, 0.29) is 5.41 Å². The van der Waals surface area contributed by atoms with Crippen molar-refractivity contribution in [2.45, 2.75) is 26.9 Å². The second-order valence-electron chi connectivity index (χ2n) is 4.29. The molecule has 0 saturated carbocycles. The van der Waals surface area contributed by atoms with E-state index < -0.39 is 6.10 Å². The number of aliphatic hydroxyl groups excluding tert-OH is 1. The molecular formula is C10H13Br2NO. The van der Waals surface area contributed by atoms with Crippen molar-refractivity contribution in [3.8, 4) is 0 Å². The van der Waals surface area contributed by atoms with Crippen molar-refractivity contribution < 1.29 is 5.11 Å². The van der Waals surface area contributed by atoms with Crippen LogP contribution < -0.4 is 0 Å². The molecule has 4 heteroatoms. The number of pyridine rings is 1. The first-order chi connectivity index (χ1) is 6.34. The lowest BCUT2D eigenvalue weighted by atomic mass is 9.85. The van der Waals surface area contributed by atoms with Crippen molar-refractivity contribution in [3.63, 3.8) is 0 Å². The molecule has 1 N–H and O–H groups in total. The number of hydrogen-bond acceptors (Lipinski definition) is 2. The van der Waals surface area contributed by atoms with Crippen LogP contribution in [0.3, 0.4) is 0 Å². The fourth-order valence-electron chi connectivity index (χ4n) is 1.12. The summed E-state index contributed by atoms with van der Waals surface area (Å²) >= 11 is 6.78. The van der Waals surface area contributed by atoms with Crippen LogP contribution in [0.5, 0.6) is 0 Å². The quantitative estimate of drug-likeness (QED) is 0.855. The fraction of sp³-hybridized carbons (Fsp3) is 0.500. The number of hydrogen-bond donors (Lipinski definition) is 1. The van der Waals surface area contributed by atoms with E-state index in [4.69, 9.17) is 0 Å². The van der Waals surface area contributed by atoms with Gasteiger partial charge in [0.05, 0.1) is 6.10 Å². The lowest BCUT2D eigenvalue weighted by Gasteiger charge is -2.27. The maximum atomic E-state index is 10.1. The van der Waals surface area contributed by atoms with Gasteiger partial charge in [-0.3, -0.25) is 4.98 Å². The van der Waals surface area contributed by atoms with Crippen molar-refractivity contribution in [3.05, 3.63) is 26.9 Å². The van der Waals surface area contributed by atoms with Crippen LogP contribution in [0.1, 0.15) is 32.4 Å². The van der Waals surface area contributed by atoms with E-state index in [1.807, 2.05) is 20.8 Å². The molecular weight excluding hydrogens is 310 g/mol. The molecule has 0 amide bonds. The standard InChI is InChI=1S/C10H13Br2NO/c1-10(2,3)9(14)8-6(11)4-13-5-7(8)12/h4-5,9,14H,1-3H3. The first-order valence-electron chi connectivity index (χ1n) is 4.31. The van der Waals surface area contributed by atoms with E-state index in [2.05, 4.69) is 36.8 Å². The Kier molecular flexibility index (Phi) is 3.72. The van der Waals surface area contributed by atoms with Crippen LogP contribution in [-0.2, 0) is 0 Å². The lowest BCUT2D eigenvalue weighted by Crippen LogP contribution is -2.18. The Bertz CT molecular complexity index is 313. The molecule has 1 aromatic rings. The minimum Gasteiger partial charge on any atom is -0.388 e.